The summed E-state index contributed by atoms with van der Waals surface area (Å²) in [5, 5.41) is 2.56. The zero-order valence-corrected chi connectivity index (χ0v) is 11.7. The van der Waals surface area contributed by atoms with Crippen molar-refractivity contribution in [2.24, 2.45) is 5.73 Å². The molecule has 0 bridgehead atoms. The number of terminal acetylenes is 1. The third-order valence-corrected chi connectivity index (χ3v) is 2.77. The van der Waals surface area contributed by atoms with Crippen LogP contribution in [0.15, 0.2) is 22.7 Å². The first kappa shape index (κ1) is 14.6. The van der Waals surface area contributed by atoms with Crippen LogP contribution < -0.4 is 15.8 Å². The van der Waals surface area contributed by atoms with Crippen LogP contribution in [0.2, 0.25) is 0 Å². The van der Waals surface area contributed by atoms with Gasteiger partial charge in [0.2, 0.25) is 0 Å². The molecule has 0 aliphatic rings. The summed E-state index contributed by atoms with van der Waals surface area (Å²) in [5.74, 6) is 2.68. The summed E-state index contributed by atoms with van der Waals surface area (Å²) in [6.07, 6.45) is 4.44. The van der Waals surface area contributed by atoms with Crippen molar-refractivity contribution >= 4 is 21.8 Å². The quantitative estimate of drug-likeness (QED) is 0.809. The van der Waals surface area contributed by atoms with Crippen LogP contribution in [0.1, 0.15) is 12.5 Å². The summed E-state index contributed by atoms with van der Waals surface area (Å²) in [6, 6.07) is 5.47. The molecule has 0 saturated carbocycles. The van der Waals surface area contributed by atoms with E-state index in [9.17, 15) is 4.79 Å². The van der Waals surface area contributed by atoms with Gasteiger partial charge in [-0.2, -0.15) is 0 Å². The molecule has 4 nitrogen and oxygen atoms in total. The Labute approximate surface area is 115 Å². The minimum atomic E-state index is -0.621. The standard InChI is InChI=1S/C13H15BrN2O2/c1-3-6-16-13(17)9(2)18-12-5-4-11(14)7-10(12)8-15/h1,4-5,7,9H,6,8,15H2,2H3,(H,16,17). The summed E-state index contributed by atoms with van der Waals surface area (Å²) in [5.41, 5.74) is 6.46. The smallest absolute Gasteiger partial charge is 0.261 e. The van der Waals surface area contributed by atoms with Crippen molar-refractivity contribution < 1.29 is 9.53 Å². The first-order valence-electron chi connectivity index (χ1n) is 5.44. The molecule has 1 aromatic carbocycles. The average molecular weight is 311 g/mol. The molecule has 0 aliphatic carbocycles. The highest BCUT2D eigenvalue weighted by Gasteiger charge is 2.15. The van der Waals surface area contributed by atoms with Gasteiger partial charge in [-0.3, -0.25) is 4.79 Å². The normalized spacial score (nSPS) is 11.4. The van der Waals surface area contributed by atoms with Gasteiger partial charge in [-0.1, -0.05) is 21.9 Å². The number of hydrogen-bond donors (Lipinski definition) is 2. The van der Waals surface area contributed by atoms with Crippen LogP contribution in [0.5, 0.6) is 5.75 Å². The summed E-state index contributed by atoms with van der Waals surface area (Å²) in [4.78, 5) is 11.6. The minimum absolute atomic E-state index is 0.191. The number of rotatable bonds is 5. The Morgan fingerprint density at radius 1 is 1.67 bits per heavy atom. The number of benzene rings is 1. The maximum atomic E-state index is 11.6. The van der Waals surface area contributed by atoms with E-state index in [0.717, 1.165) is 10.0 Å². The van der Waals surface area contributed by atoms with E-state index in [-0.39, 0.29) is 12.5 Å². The Morgan fingerprint density at radius 3 is 3.00 bits per heavy atom. The van der Waals surface area contributed by atoms with E-state index in [1.807, 2.05) is 12.1 Å². The van der Waals surface area contributed by atoms with Crippen LogP contribution in [-0.2, 0) is 11.3 Å². The van der Waals surface area contributed by atoms with Crippen molar-refractivity contribution in [1.82, 2.24) is 5.32 Å². The van der Waals surface area contributed by atoms with E-state index in [4.69, 9.17) is 16.9 Å². The fourth-order valence-corrected chi connectivity index (χ4v) is 1.76. The highest BCUT2D eigenvalue weighted by molar-refractivity contribution is 9.10. The molecule has 5 heteroatoms. The first-order chi connectivity index (χ1) is 8.58. The SMILES string of the molecule is C#CCNC(=O)C(C)Oc1ccc(Br)cc1CN. The third kappa shape index (κ3) is 4.06. The van der Waals surface area contributed by atoms with Crippen molar-refractivity contribution in [3.05, 3.63) is 28.2 Å². The second kappa shape index (κ2) is 7.04. The lowest BCUT2D eigenvalue weighted by molar-refractivity contribution is -0.127. The van der Waals surface area contributed by atoms with E-state index < -0.39 is 6.10 Å². The number of halogens is 1. The maximum absolute atomic E-state index is 11.6. The lowest BCUT2D eigenvalue weighted by Crippen LogP contribution is -2.36. The third-order valence-electron chi connectivity index (χ3n) is 2.28. The molecule has 0 fully saturated rings. The lowest BCUT2D eigenvalue weighted by Gasteiger charge is -2.16. The van der Waals surface area contributed by atoms with Crippen LogP contribution in [0, 0.1) is 12.3 Å². The molecule has 0 heterocycles. The molecule has 0 spiro atoms. The monoisotopic (exact) mass is 310 g/mol. The van der Waals surface area contributed by atoms with E-state index >= 15 is 0 Å². The van der Waals surface area contributed by atoms with Gasteiger partial charge in [-0.25, -0.2) is 0 Å². The van der Waals surface area contributed by atoms with Gasteiger partial charge in [0.25, 0.3) is 5.91 Å². The second-order valence-corrected chi connectivity index (χ2v) is 4.55. The summed E-state index contributed by atoms with van der Waals surface area (Å²) in [6.45, 7) is 2.19. The van der Waals surface area contributed by atoms with E-state index in [2.05, 4.69) is 27.2 Å². The second-order valence-electron chi connectivity index (χ2n) is 3.64. The number of nitrogens with two attached hydrogens (primary N) is 1. The first-order valence-corrected chi connectivity index (χ1v) is 6.24. The fraction of sp³-hybridized carbons (Fsp3) is 0.308. The van der Waals surface area contributed by atoms with Gasteiger partial charge in [0.05, 0.1) is 6.54 Å². The number of nitrogens with one attached hydrogen (secondary N) is 1. The van der Waals surface area contributed by atoms with Crippen LogP contribution >= 0.6 is 15.9 Å². The molecule has 3 N–H and O–H groups in total. The minimum Gasteiger partial charge on any atom is -0.481 e. The number of carbonyl (C=O) groups is 1. The Kier molecular flexibility index (Phi) is 5.69. The Morgan fingerprint density at radius 2 is 2.39 bits per heavy atom. The van der Waals surface area contributed by atoms with Crippen molar-refractivity contribution in [1.29, 1.82) is 0 Å². The molecule has 0 radical (unpaired) electrons. The molecule has 1 amide bonds. The Balaban J connectivity index is 2.72. The topological polar surface area (TPSA) is 64.3 Å². The van der Waals surface area contributed by atoms with Crippen LogP contribution in [0.3, 0.4) is 0 Å². The molecule has 0 aromatic heterocycles. The molecule has 0 aliphatic heterocycles. The van der Waals surface area contributed by atoms with Gasteiger partial charge >= 0.3 is 0 Å². The van der Waals surface area contributed by atoms with Crippen molar-refractivity contribution in [3.63, 3.8) is 0 Å². The highest BCUT2D eigenvalue weighted by Crippen LogP contribution is 2.23. The number of hydrogen-bond acceptors (Lipinski definition) is 3. The summed E-state index contributed by atoms with van der Waals surface area (Å²) < 4.78 is 6.49. The number of amides is 1. The van der Waals surface area contributed by atoms with Gasteiger partial charge in [0.15, 0.2) is 6.10 Å². The number of carbonyl (C=O) groups excluding carboxylic acids is 1. The van der Waals surface area contributed by atoms with Gasteiger partial charge in [0, 0.05) is 16.6 Å². The van der Waals surface area contributed by atoms with Crippen LogP contribution in [-0.4, -0.2) is 18.6 Å². The zero-order chi connectivity index (χ0) is 13.5. The molecule has 18 heavy (non-hydrogen) atoms. The molecule has 1 rings (SSSR count). The van der Waals surface area contributed by atoms with Crippen molar-refractivity contribution in [2.45, 2.75) is 19.6 Å². The molecule has 96 valence electrons. The van der Waals surface area contributed by atoms with E-state index in [0.29, 0.717) is 12.3 Å². The van der Waals surface area contributed by atoms with Crippen LogP contribution in [0.25, 0.3) is 0 Å². The summed E-state index contributed by atoms with van der Waals surface area (Å²) >= 11 is 3.35. The van der Waals surface area contributed by atoms with E-state index in [1.54, 1.807) is 13.0 Å². The molecular weight excluding hydrogens is 296 g/mol. The van der Waals surface area contributed by atoms with Gasteiger partial charge in [0.1, 0.15) is 5.75 Å². The lowest BCUT2D eigenvalue weighted by atomic mass is 10.2. The number of ether oxygens (including phenoxy) is 1. The van der Waals surface area contributed by atoms with Gasteiger partial charge < -0.3 is 15.8 Å². The largest absolute Gasteiger partial charge is 0.481 e. The molecule has 1 atom stereocenters. The zero-order valence-electron chi connectivity index (χ0n) is 10.1. The van der Waals surface area contributed by atoms with Crippen molar-refractivity contribution in [2.75, 3.05) is 6.54 Å². The van der Waals surface area contributed by atoms with Crippen LogP contribution in [0.4, 0.5) is 0 Å². The Hall–Kier alpha value is -1.51. The molecule has 1 unspecified atom stereocenters. The van der Waals surface area contributed by atoms with Gasteiger partial charge in [-0.05, 0) is 25.1 Å². The predicted molar refractivity (Wildman–Crippen MR) is 74.0 cm³/mol. The van der Waals surface area contributed by atoms with Crippen molar-refractivity contribution in [3.8, 4) is 18.1 Å². The molecule has 1 aromatic rings. The summed E-state index contributed by atoms with van der Waals surface area (Å²) in [7, 11) is 0. The predicted octanol–water partition coefficient (Wildman–Crippen LogP) is 1.42. The maximum Gasteiger partial charge on any atom is 0.261 e. The average Bonchev–Trinajstić information content (AvgIpc) is 2.37. The molecular formula is C13H15BrN2O2. The van der Waals surface area contributed by atoms with Gasteiger partial charge in [-0.15, -0.1) is 6.42 Å². The molecule has 0 saturated heterocycles. The van der Waals surface area contributed by atoms with E-state index in [1.165, 1.54) is 0 Å². The Bertz CT molecular complexity index is 469. The highest BCUT2D eigenvalue weighted by atomic mass is 79.9. The fourth-order valence-electron chi connectivity index (χ4n) is 1.35.